The second kappa shape index (κ2) is 15.6. The Bertz CT molecular complexity index is 1860. The van der Waals surface area contributed by atoms with Gasteiger partial charge in [0.2, 0.25) is 0 Å². The number of amides is 4. The summed E-state index contributed by atoms with van der Waals surface area (Å²) in [4.78, 5) is 95.3. The molecule has 0 radical (unpaired) electrons. The zero-order valence-electron chi connectivity index (χ0n) is 25.6. The number of aromatic nitrogens is 2. The Morgan fingerprint density at radius 2 is 1.64 bits per heavy atom. The molecule has 1 fully saturated rings. The van der Waals surface area contributed by atoms with Crippen molar-refractivity contribution in [2.24, 2.45) is 10.3 Å². The van der Waals surface area contributed by atoms with Crippen LogP contribution in [0.2, 0.25) is 0 Å². The van der Waals surface area contributed by atoms with E-state index in [-0.39, 0.29) is 50.2 Å². The average Bonchev–Trinajstić information content (AvgIpc) is 3.75. The monoisotopic (exact) mass is 766 g/mol. The molecule has 3 aliphatic rings. The molecular formula is C26H26N10O10S4. The highest BCUT2D eigenvalue weighted by molar-refractivity contribution is 8.00. The standard InChI is InChI=1S/C26H26N10O10S4/c1-45-34-13(10-7-49-25(27)29-10)17(37)31-15(20-28-9(23(41)42)3-5-47-20)19(39)33-26-30-11(8-50-26)14(35-46-2)18(38)32-16-21(40)36-12(24(43)44)4-6-48-22(16)36/h3-4,7-8,15-16,20,22,28H,5-6H2,1-2H3,(H2,27,29)(H,31,37)(H,32,38)(H,41,42)(H,43,44)(H,30,33,39)/b34-13-,35-14-/t15?,16-,20-,22-/m1/s1. The van der Waals surface area contributed by atoms with E-state index in [4.69, 9.17) is 15.4 Å². The molecule has 5 rings (SSSR count). The summed E-state index contributed by atoms with van der Waals surface area (Å²) < 4.78 is 0. The highest BCUT2D eigenvalue weighted by atomic mass is 32.2. The number of nitrogens with zero attached hydrogens (tertiary/aromatic N) is 5. The van der Waals surface area contributed by atoms with E-state index >= 15 is 0 Å². The van der Waals surface area contributed by atoms with Gasteiger partial charge in [-0.15, -0.1) is 46.2 Å². The number of carboxylic acid groups (broad SMARTS) is 2. The lowest BCUT2D eigenvalue weighted by atomic mass is 10.0. The van der Waals surface area contributed by atoms with E-state index in [1.54, 1.807) is 0 Å². The van der Waals surface area contributed by atoms with Crippen LogP contribution >= 0.6 is 46.2 Å². The highest BCUT2D eigenvalue weighted by Crippen LogP contribution is 2.37. The molecule has 0 aliphatic carbocycles. The van der Waals surface area contributed by atoms with E-state index in [1.807, 2.05) is 0 Å². The predicted molar refractivity (Wildman–Crippen MR) is 182 cm³/mol. The number of β-lactam (4-membered cyclic amide) rings is 1. The van der Waals surface area contributed by atoms with E-state index < -0.39 is 58.4 Å². The zero-order chi connectivity index (χ0) is 36.1. The molecule has 0 spiro atoms. The minimum Gasteiger partial charge on any atom is -0.477 e. The second-order valence-electron chi connectivity index (χ2n) is 9.89. The smallest absolute Gasteiger partial charge is 0.352 e. The molecule has 1 unspecified atom stereocenters. The van der Waals surface area contributed by atoms with Crippen LogP contribution in [0.3, 0.4) is 0 Å². The molecule has 20 nitrogen and oxygen atoms in total. The third-order valence-corrected chi connectivity index (χ3v) is 10.6. The molecule has 1 saturated heterocycles. The number of carboxylic acids is 2. The van der Waals surface area contributed by atoms with Crippen molar-refractivity contribution in [2.75, 3.05) is 36.8 Å². The van der Waals surface area contributed by atoms with Crippen LogP contribution in [0.15, 0.2) is 44.6 Å². The lowest BCUT2D eigenvalue weighted by Gasteiger charge is -2.48. The molecule has 2 aromatic heterocycles. The normalized spacial score (nSPS) is 20.9. The van der Waals surface area contributed by atoms with Gasteiger partial charge < -0.3 is 46.9 Å². The Morgan fingerprint density at radius 1 is 0.980 bits per heavy atom. The van der Waals surface area contributed by atoms with Gasteiger partial charge in [0.05, 0.1) is 0 Å². The van der Waals surface area contributed by atoms with Gasteiger partial charge in [-0.3, -0.25) is 24.1 Å². The quantitative estimate of drug-likeness (QED) is 0.0731. The molecule has 0 bridgehead atoms. The number of hydrogen-bond donors (Lipinski definition) is 7. The Morgan fingerprint density at radius 3 is 2.28 bits per heavy atom. The fourth-order valence-electron chi connectivity index (χ4n) is 4.66. The van der Waals surface area contributed by atoms with Crippen molar-refractivity contribution >= 4 is 103 Å². The Hall–Kier alpha value is -5.20. The van der Waals surface area contributed by atoms with Crippen molar-refractivity contribution < 1.29 is 48.7 Å². The van der Waals surface area contributed by atoms with Crippen LogP contribution in [-0.4, -0.2) is 121 Å². The van der Waals surface area contributed by atoms with E-state index in [0.29, 0.717) is 5.75 Å². The van der Waals surface area contributed by atoms with Crippen molar-refractivity contribution in [1.82, 2.24) is 30.8 Å². The van der Waals surface area contributed by atoms with Crippen molar-refractivity contribution in [2.45, 2.75) is 22.8 Å². The van der Waals surface area contributed by atoms with Crippen LogP contribution in [0.1, 0.15) is 11.4 Å². The van der Waals surface area contributed by atoms with Crippen molar-refractivity contribution in [3.63, 3.8) is 0 Å². The number of rotatable bonds is 13. The number of oxime groups is 2. The number of nitrogens with two attached hydrogens (primary N) is 1. The van der Waals surface area contributed by atoms with Gasteiger partial charge in [-0.2, -0.15) is 0 Å². The molecule has 0 saturated carbocycles. The first kappa shape index (κ1) is 36.1. The number of hydrogen-bond acceptors (Lipinski definition) is 18. The number of carbonyl (C=O) groups is 6. The predicted octanol–water partition coefficient (Wildman–Crippen LogP) is -0.994. The Kier molecular flexibility index (Phi) is 11.2. The number of thiazole rings is 2. The molecule has 5 heterocycles. The van der Waals surface area contributed by atoms with Crippen LogP contribution in [-0.2, 0) is 38.4 Å². The fourth-order valence-corrected chi connectivity index (χ4v) is 8.17. The third-order valence-electron chi connectivity index (χ3n) is 6.85. The molecule has 3 aliphatic heterocycles. The molecule has 0 aromatic carbocycles. The van der Waals surface area contributed by atoms with Crippen LogP contribution in [0, 0.1) is 0 Å². The summed E-state index contributed by atoms with van der Waals surface area (Å²) in [6.07, 6.45) is 2.82. The summed E-state index contributed by atoms with van der Waals surface area (Å²) in [5, 5.41) is 38.1. The molecule has 8 N–H and O–H groups in total. The average molecular weight is 767 g/mol. The van der Waals surface area contributed by atoms with Gasteiger partial charge in [-0.1, -0.05) is 10.3 Å². The van der Waals surface area contributed by atoms with Gasteiger partial charge in [0.25, 0.3) is 23.6 Å². The summed E-state index contributed by atoms with van der Waals surface area (Å²) >= 11 is 4.34. The summed E-state index contributed by atoms with van der Waals surface area (Å²) in [7, 11) is 2.39. The summed E-state index contributed by atoms with van der Waals surface area (Å²) in [5.74, 6) is -5.20. The zero-order valence-corrected chi connectivity index (χ0v) is 28.9. The largest absolute Gasteiger partial charge is 0.477 e. The minimum atomic E-state index is -1.43. The SMILES string of the molecule is CO/N=C(\C(=O)NC(C(=O)Nc1nc(/C(=N/OC)C(=O)N[C@@H]2C(=O)N3C(C(=O)O)=CCS[C@H]23)cs1)[C@@H]1NC(C(=O)O)=CCS1)c1csc(N)n1. The van der Waals surface area contributed by atoms with Gasteiger partial charge in [-0.05, 0) is 12.2 Å². The summed E-state index contributed by atoms with van der Waals surface area (Å²) in [6.45, 7) is 0. The van der Waals surface area contributed by atoms with Crippen molar-refractivity contribution in [3.05, 3.63) is 45.7 Å². The first-order chi connectivity index (χ1) is 23.9. The van der Waals surface area contributed by atoms with Gasteiger partial charge in [-0.25, -0.2) is 19.6 Å². The van der Waals surface area contributed by atoms with Crippen LogP contribution in [0.25, 0.3) is 0 Å². The van der Waals surface area contributed by atoms with Gasteiger partial charge in [0.1, 0.15) is 59.8 Å². The molecule has 4 amide bonds. The third kappa shape index (κ3) is 7.66. The molecule has 50 heavy (non-hydrogen) atoms. The maximum atomic E-state index is 13.7. The molecule has 264 valence electrons. The Balaban J connectivity index is 1.33. The topological polar surface area (TPSA) is 289 Å². The number of fused-ring (bicyclic) bond motifs is 1. The van der Waals surface area contributed by atoms with Crippen molar-refractivity contribution in [3.8, 4) is 0 Å². The summed E-state index contributed by atoms with van der Waals surface area (Å²) in [5.41, 5.74) is 4.73. The van der Waals surface area contributed by atoms with Crippen LogP contribution in [0.4, 0.5) is 10.3 Å². The number of anilines is 2. The maximum absolute atomic E-state index is 13.7. The maximum Gasteiger partial charge on any atom is 0.352 e. The highest BCUT2D eigenvalue weighted by Gasteiger charge is 2.53. The second-order valence-corrected chi connectivity index (χ2v) is 14.0. The van der Waals surface area contributed by atoms with Gasteiger partial charge >= 0.3 is 11.9 Å². The number of nitrogens with one attached hydrogen (secondary N) is 4. The van der Waals surface area contributed by atoms with Crippen LogP contribution < -0.4 is 27.0 Å². The Labute approximate surface area is 297 Å². The first-order valence-corrected chi connectivity index (χ1v) is 17.8. The van der Waals surface area contributed by atoms with Gasteiger partial charge in [0.15, 0.2) is 21.7 Å². The minimum absolute atomic E-state index is 0.0429. The fraction of sp³-hybridized carbons (Fsp3) is 0.308. The van der Waals surface area contributed by atoms with E-state index in [1.165, 1.54) is 48.9 Å². The molecule has 24 heteroatoms. The molecular weight excluding hydrogens is 741 g/mol. The van der Waals surface area contributed by atoms with Crippen LogP contribution in [0.5, 0.6) is 0 Å². The van der Waals surface area contributed by atoms with E-state index in [2.05, 4.69) is 41.5 Å². The van der Waals surface area contributed by atoms with Crippen molar-refractivity contribution in [1.29, 1.82) is 0 Å². The number of thioether (sulfide) groups is 2. The molecule has 4 atom stereocenters. The lowest BCUT2D eigenvalue weighted by molar-refractivity contribution is -0.150. The molecule has 2 aromatic rings. The number of carbonyl (C=O) groups excluding carboxylic acids is 4. The number of nitrogen functional groups attached to an aromatic ring is 1. The first-order valence-electron chi connectivity index (χ1n) is 13.9. The van der Waals surface area contributed by atoms with E-state index in [9.17, 15) is 39.0 Å². The van der Waals surface area contributed by atoms with Gasteiger partial charge in [0, 0.05) is 22.3 Å². The summed E-state index contributed by atoms with van der Waals surface area (Å²) in [6, 6.07) is -2.47. The number of aliphatic carboxylic acids is 2. The lowest BCUT2D eigenvalue weighted by Crippen LogP contribution is -2.70. The van der Waals surface area contributed by atoms with E-state index in [0.717, 1.165) is 39.3 Å².